The molecule has 0 spiro atoms. The molecule has 0 aliphatic rings. The lowest BCUT2D eigenvalue weighted by Crippen LogP contribution is -2.35. The third-order valence-corrected chi connectivity index (χ3v) is 5.79. The van der Waals surface area contributed by atoms with Crippen LogP contribution < -0.4 is 0 Å². The monoisotopic (exact) mass is 447 g/mol. The molecule has 162 valence electrons. The smallest absolute Gasteiger partial charge is 0.277 e. The molecule has 5 nitrogen and oxygen atoms in total. The standard InChI is InChI=1S/C25H22FN3O2S/c1-18(32-25-28-27-23(31-25)21-12-14-22(26)15-13-21)24(30)29(16-19-8-4-2-5-9-19)17-20-10-6-3-7-11-20/h2-15,18H,16-17H2,1H3. The Balaban J connectivity index is 1.48. The molecule has 0 N–H and O–H groups in total. The maximum atomic E-state index is 13.3. The second kappa shape index (κ2) is 10.2. The van der Waals surface area contributed by atoms with Gasteiger partial charge in [-0.1, -0.05) is 72.4 Å². The van der Waals surface area contributed by atoms with Gasteiger partial charge in [0.25, 0.3) is 5.22 Å². The number of carbonyl (C=O) groups is 1. The van der Waals surface area contributed by atoms with Gasteiger partial charge in [-0.05, 0) is 42.3 Å². The third kappa shape index (κ3) is 5.62. The summed E-state index contributed by atoms with van der Waals surface area (Å²) in [5, 5.41) is 7.94. The fraction of sp³-hybridized carbons (Fsp3) is 0.160. The average molecular weight is 448 g/mol. The van der Waals surface area contributed by atoms with Crippen LogP contribution in [0.15, 0.2) is 94.6 Å². The molecule has 0 bridgehead atoms. The van der Waals surface area contributed by atoms with Crippen molar-refractivity contribution < 1.29 is 13.6 Å². The number of rotatable bonds is 8. The topological polar surface area (TPSA) is 59.2 Å². The summed E-state index contributed by atoms with van der Waals surface area (Å²) in [6.45, 7) is 2.84. The van der Waals surface area contributed by atoms with E-state index in [0.717, 1.165) is 11.1 Å². The number of amides is 1. The van der Waals surface area contributed by atoms with Gasteiger partial charge in [0.2, 0.25) is 11.8 Å². The molecule has 0 saturated carbocycles. The van der Waals surface area contributed by atoms with Crippen molar-refractivity contribution in [1.29, 1.82) is 0 Å². The summed E-state index contributed by atoms with van der Waals surface area (Å²) < 4.78 is 18.8. The Morgan fingerprint density at radius 2 is 1.47 bits per heavy atom. The van der Waals surface area contributed by atoms with Crippen LogP contribution in [0.1, 0.15) is 18.1 Å². The zero-order chi connectivity index (χ0) is 22.3. The highest BCUT2D eigenvalue weighted by Gasteiger charge is 2.24. The number of carbonyl (C=O) groups excluding carboxylic acids is 1. The minimum absolute atomic E-state index is 0.0239. The zero-order valence-electron chi connectivity index (χ0n) is 17.5. The third-order valence-electron chi connectivity index (χ3n) is 4.87. The normalized spacial score (nSPS) is 11.8. The largest absolute Gasteiger partial charge is 0.411 e. The first-order valence-electron chi connectivity index (χ1n) is 10.2. The lowest BCUT2D eigenvalue weighted by molar-refractivity contribution is -0.131. The van der Waals surface area contributed by atoms with Gasteiger partial charge in [-0.15, -0.1) is 10.2 Å². The molecule has 0 radical (unpaired) electrons. The number of thioether (sulfide) groups is 1. The number of aromatic nitrogens is 2. The number of hydrogen-bond acceptors (Lipinski definition) is 5. The Labute approximate surface area is 190 Å². The van der Waals surface area contributed by atoms with Gasteiger partial charge in [-0.25, -0.2) is 4.39 Å². The Hall–Kier alpha value is -3.45. The van der Waals surface area contributed by atoms with Crippen LogP contribution in [-0.2, 0) is 17.9 Å². The first kappa shape index (κ1) is 21.8. The average Bonchev–Trinajstić information content (AvgIpc) is 3.28. The van der Waals surface area contributed by atoms with Crippen molar-refractivity contribution in [2.24, 2.45) is 0 Å². The van der Waals surface area contributed by atoms with E-state index in [0.29, 0.717) is 23.9 Å². The highest BCUT2D eigenvalue weighted by Crippen LogP contribution is 2.28. The molecule has 7 heteroatoms. The summed E-state index contributed by atoms with van der Waals surface area (Å²) in [6, 6.07) is 25.6. The van der Waals surface area contributed by atoms with Gasteiger partial charge in [0.15, 0.2) is 0 Å². The van der Waals surface area contributed by atoms with E-state index in [1.54, 1.807) is 12.1 Å². The summed E-state index contributed by atoms with van der Waals surface area (Å²) in [5.74, 6) is -0.0687. The minimum Gasteiger partial charge on any atom is -0.411 e. The van der Waals surface area contributed by atoms with Gasteiger partial charge in [0.1, 0.15) is 5.82 Å². The van der Waals surface area contributed by atoms with Crippen molar-refractivity contribution in [3.8, 4) is 11.5 Å². The molecule has 1 atom stereocenters. The molecule has 0 aliphatic heterocycles. The quantitative estimate of drug-likeness (QED) is 0.330. The van der Waals surface area contributed by atoms with Crippen LogP contribution in [0.4, 0.5) is 4.39 Å². The number of halogens is 1. The summed E-state index contributed by atoms with van der Waals surface area (Å²) in [7, 11) is 0. The van der Waals surface area contributed by atoms with E-state index in [4.69, 9.17) is 4.42 Å². The van der Waals surface area contributed by atoms with E-state index in [1.165, 1.54) is 23.9 Å². The van der Waals surface area contributed by atoms with E-state index >= 15 is 0 Å². The Morgan fingerprint density at radius 1 is 0.906 bits per heavy atom. The van der Waals surface area contributed by atoms with Crippen molar-refractivity contribution in [3.63, 3.8) is 0 Å². The van der Waals surface area contributed by atoms with Crippen molar-refractivity contribution >= 4 is 17.7 Å². The maximum Gasteiger partial charge on any atom is 0.277 e. The van der Waals surface area contributed by atoms with E-state index in [9.17, 15) is 9.18 Å². The van der Waals surface area contributed by atoms with Gasteiger partial charge in [0, 0.05) is 18.7 Å². The van der Waals surface area contributed by atoms with Crippen molar-refractivity contribution in [2.45, 2.75) is 30.5 Å². The highest BCUT2D eigenvalue weighted by atomic mass is 32.2. The van der Waals surface area contributed by atoms with Crippen LogP contribution in [0.2, 0.25) is 0 Å². The lowest BCUT2D eigenvalue weighted by atomic mass is 10.1. The maximum absolute atomic E-state index is 13.3. The molecule has 0 fully saturated rings. The van der Waals surface area contributed by atoms with Crippen molar-refractivity contribution in [1.82, 2.24) is 15.1 Å². The van der Waals surface area contributed by atoms with Crippen molar-refractivity contribution in [2.75, 3.05) is 0 Å². The molecule has 1 unspecified atom stereocenters. The first-order valence-corrected chi connectivity index (χ1v) is 11.1. The van der Waals surface area contributed by atoms with Crippen LogP contribution in [-0.4, -0.2) is 26.3 Å². The molecule has 4 rings (SSSR count). The zero-order valence-corrected chi connectivity index (χ0v) is 18.3. The van der Waals surface area contributed by atoms with Crippen LogP contribution in [0.25, 0.3) is 11.5 Å². The Bertz CT molecular complexity index is 1110. The number of hydrogen-bond donors (Lipinski definition) is 0. The van der Waals surface area contributed by atoms with Gasteiger partial charge in [-0.3, -0.25) is 4.79 Å². The van der Waals surface area contributed by atoms with E-state index in [-0.39, 0.29) is 17.6 Å². The summed E-state index contributed by atoms with van der Waals surface area (Å²) in [5.41, 5.74) is 2.75. The van der Waals surface area contributed by atoms with E-state index in [2.05, 4.69) is 10.2 Å². The molecule has 0 saturated heterocycles. The fourth-order valence-corrected chi connectivity index (χ4v) is 4.01. The predicted octanol–water partition coefficient (Wildman–Crippen LogP) is 5.59. The van der Waals surface area contributed by atoms with Crippen LogP contribution >= 0.6 is 11.8 Å². The number of nitrogens with zero attached hydrogens (tertiary/aromatic N) is 3. The minimum atomic E-state index is -0.427. The summed E-state index contributed by atoms with van der Waals surface area (Å²) in [4.78, 5) is 15.2. The molecular formula is C25H22FN3O2S. The van der Waals surface area contributed by atoms with Crippen LogP contribution in [0, 0.1) is 5.82 Å². The van der Waals surface area contributed by atoms with Crippen molar-refractivity contribution in [3.05, 3.63) is 102 Å². The van der Waals surface area contributed by atoms with Crippen LogP contribution in [0.5, 0.6) is 0 Å². The second-order valence-electron chi connectivity index (χ2n) is 7.31. The van der Waals surface area contributed by atoms with Gasteiger partial charge in [0.05, 0.1) is 5.25 Å². The predicted molar refractivity (Wildman–Crippen MR) is 122 cm³/mol. The molecule has 0 aliphatic carbocycles. The Kier molecular flexibility index (Phi) is 6.97. The highest BCUT2D eigenvalue weighted by molar-refractivity contribution is 8.00. The first-order chi connectivity index (χ1) is 15.6. The van der Waals surface area contributed by atoms with Gasteiger partial charge in [-0.2, -0.15) is 0 Å². The second-order valence-corrected chi connectivity index (χ2v) is 8.60. The molecule has 1 heterocycles. The molecular weight excluding hydrogens is 425 g/mol. The Morgan fingerprint density at radius 3 is 2.03 bits per heavy atom. The van der Waals surface area contributed by atoms with Gasteiger partial charge < -0.3 is 9.32 Å². The SMILES string of the molecule is CC(Sc1nnc(-c2ccc(F)cc2)o1)C(=O)N(Cc1ccccc1)Cc1ccccc1. The molecule has 1 aromatic heterocycles. The van der Waals surface area contributed by atoms with Gasteiger partial charge >= 0.3 is 0 Å². The summed E-state index contributed by atoms with van der Waals surface area (Å²) >= 11 is 1.21. The fourth-order valence-electron chi connectivity index (χ4n) is 3.24. The lowest BCUT2D eigenvalue weighted by Gasteiger charge is -2.25. The summed E-state index contributed by atoms with van der Waals surface area (Å²) in [6.07, 6.45) is 0. The van der Waals surface area contributed by atoms with Crippen LogP contribution in [0.3, 0.4) is 0 Å². The molecule has 3 aromatic carbocycles. The van der Waals surface area contributed by atoms with E-state index in [1.807, 2.05) is 72.5 Å². The molecule has 32 heavy (non-hydrogen) atoms. The molecule has 4 aromatic rings. The molecule has 1 amide bonds. The van der Waals surface area contributed by atoms with E-state index < -0.39 is 5.25 Å². The number of benzene rings is 3.